The summed E-state index contributed by atoms with van der Waals surface area (Å²) < 4.78 is 0.397. The Balaban J connectivity index is 1.91. The molecule has 260 valence electrons. The van der Waals surface area contributed by atoms with Gasteiger partial charge in [-0.25, -0.2) is 0 Å². The van der Waals surface area contributed by atoms with Gasteiger partial charge in [0.1, 0.15) is 23.0 Å². The van der Waals surface area contributed by atoms with Crippen LogP contribution in [0.15, 0.2) is 24.3 Å². The van der Waals surface area contributed by atoms with Crippen molar-refractivity contribution in [2.75, 3.05) is 0 Å². The highest BCUT2D eigenvalue weighted by molar-refractivity contribution is 9.25. The molecule has 6 nitrogen and oxygen atoms in total. The number of benzene rings is 2. The van der Waals surface area contributed by atoms with Gasteiger partial charge in [-0.15, -0.1) is 0 Å². The average Bonchev–Trinajstić information content (AvgIpc) is 2.98. The maximum Gasteiger partial charge on any atom is 0.123 e. The minimum Gasteiger partial charge on any atom is -0.508 e. The van der Waals surface area contributed by atoms with E-state index < -0.39 is 12.2 Å². The van der Waals surface area contributed by atoms with E-state index in [1.54, 1.807) is 24.3 Å². The standard InChI is InChI=1S/C36H52Br4O6/c1-21-9-3-5-11-23(13-7-15-31(37)38)34-29(43)19-26(20-30(34)44)36(46)22(2)10-4-6-12-24(14-8-16-32(39)40)33-27(41)17-25(35(21)45)18-28(33)42/h17-24,31-32,35-36,41-46H,3-16H2,1-2H3. The summed E-state index contributed by atoms with van der Waals surface area (Å²) in [5.74, 6) is -0.166. The lowest BCUT2D eigenvalue weighted by atomic mass is 9.83. The molecule has 0 aromatic heterocycles. The number of aliphatic hydroxyl groups excluding tert-OH is 2. The smallest absolute Gasteiger partial charge is 0.123 e. The molecule has 4 aliphatic carbocycles. The Bertz CT molecular complexity index is 1090. The number of phenolic OH excluding ortho intramolecular Hbond substituents is 4. The molecule has 10 heteroatoms. The lowest BCUT2D eigenvalue weighted by Gasteiger charge is -2.25. The van der Waals surface area contributed by atoms with Gasteiger partial charge >= 0.3 is 0 Å². The molecular weight excluding hydrogens is 848 g/mol. The minimum atomic E-state index is -0.830. The van der Waals surface area contributed by atoms with Crippen LogP contribution in [0.2, 0.25) is 0 Å². The second-order valence-electron chi connectivity index (χ2n) is 13.4. The summed E-state index contributed by atoms with van der Waals surface area (Å²) in [7, 11) is 0. The van der Waals surface area contributed by atoms with E-state index in [1.165, 1.54) is 0 Å². The van der Waals surface area contributed by atoms with Crippen LogP contribution >= 0.6 is 63.7 Å². The van der Waals surface area contributed by atoms with Crippen molar-refractivity contribution >= 4 is 63.7 Å². The number of hydrogen-bond acceptors (Lipinski definition) is 6. The second kappa shape index (κ2) is 19.6. The van der Waals surface area contributed by atoms with Crippen molar-refractivity contribution in [3.63, 3.8) is 0 Å². The lowest BCUT2D eigenvalue weighted by molar-refractivity contribution is 0.110. The molecule has 0 aliphatic heterocycles. The number of rotatable bonds is 8. The topological polar surface area (TPSA) is 121 Å². The summed E-state index contributed by atoms with van der Waals surface area (Å²) in [6.07, 6.45) is 9.92. The van der Waals surface area contributed by atoms with Gasteiger partial charge in [0.25, 0.3) is 0 Å². The summed E-state index contributed by atoms with van der Waals surface area (Å²) in [5, 5.41) is 67.1. The molecule has 4 bridgehead atoms. The van der Waals surface area contributed by atoms with Crippen molar-refractivity contribution in [3.8, 4) is 23.0 Å². The summed E-state index contributed by atoms with van der Waals surface area (Å²) in [5.41, 5.74) is 2.12. The molecule has 6 atom stereocenters. The van der Waals surface area contributed by atoms with E-state index in [-0.39, 0.29) is 54.1 Å². The zero-order valence-electron chi connectivity index (χ0n) is 27.0. The van der Waals surface area contributed by atoms with Crippen molar-refractivity contribution in [1.82, 2.24) is 0 Å². The SMILES string of the molecule is CC1CCCCC(CCCC(Br)Br)c2c(O)cc(cc2O)C(O)C(C)CCCCC(CCCC(Br)Br)c2c(O)cc(cc2O)C1O. The van der Waals surface area contributed by atoms with E-state index >= 15 is 0 Å². The summed E-state index contributed by atoms with van der Waals surface area (Å²) in [6, 6.07) is 6.49. The molecule has 6 N–H and O–H groups in total. The Morgan fingerprint density at radius 2 is 0.870 bits per heavy atom. The maximum absolute atomic E-state index is 11.2. The van der Waals surface area contributed by atoms with Crippen LogP contribution in [0.4, 0.5) is 0 Å². The van der Waals surface area contributed by atoms with Gasteiger partial charge in [-0.3, -0.25) is 0 Å². The Morgan fingerprint density at radius 3 is 1.17 bits per heavy atom. The molecule has 4 aliphatic rings. The Hall–Kier alpha value is -0.520. The number of aliphatic hydroxyl groups is 2. The molecule has 46 heavy (non-hydrogen) atoms. The maximum atomic E-state index is 11.2. The molecule has 2 aromatic rings. The first-order valence-corrected chi connectivity index (χ1v) is 20.5. The van der Waals surface area contributed by atoms with E-state index in [1.807, 2.05) is 13.8 Å². The van der Waals surface area contributed by atoms with E-state index in [0.717, 1.165) is 89.9 Å². The molecule has 0 saturated carbocycles. The predicted octanol–water partition coefficient (Wildman–Crippen LogP) is 11.4. The van der Waals surface area contributed by atoms with Crippen molar-refractivity contribution < 1.29 is 30.6 Å². The molecule has 0 amide bonds. The first-order chi connectivity index (χ1) is 21.8. The highest BCUT2D eigenvalue weighted by Gasteiger charge is 2.27. The van der Waals surface area contributed by atoms with Crippen molar-refractivity contribution in [1.29, 1.82) is 0 Å². The molecule has 0 spiro atoms. The molecule has 6 rings (SSSR count). The average molecular weight is 900 g/mol. The molecular formula is C36H52Br4O6. The summed E-state index contributed by atoms with van der Waals surface area (Å²) >= 11 is 14.2. The molecule has 6 unspecified atom stereocenters. The molecule has 0 heterocycles. The number of hydrogen-bond donors (Lipinski definition) is 6. The normalized spacial score (nSPS) is 25.5. The van der Waals surface area contributed by atoms with Gasteiger partial charge in [0.15, 0.2) is 0 Å². The fourth-order valence-corrected chi connectivity index (χ4v) is 8.35. The van der Waals surface area contributed by atoms with Crippen LogP contribution in [0.25, 0.3) is 0 Å². The van der Waals surface area contributed by atoms with Crippen LogP contribution in [-0.4, -0.2) is 38.1 Å². The van der Waals surface area contributed by atoms with Gasteiger partial charge in [-0.05, 0) is 110 Å². The monoisotopic (exact) mass is 896 g/mol. The minimum absolute atomic E-state index is 0.0334. The fourth-order valence-electron chi connectivity index (χ4n) is 7.06. The van der Waals surface area contributed by atoms with Crippen molar-refractivity contribution in [2.24, 2.45) is 11.8 Å². The van der Waals surface area contributed by atoms with Gasteiger partial charge < -0.3 is 30.6 Å². The number of aromatic hydroxyl groups is 4. The quantitative estimate of drug-likeness (QED) is 0.147. The fraction of sp³-hybridized carbons (Fsp3) is 0.667. The van der Waals surface area contributed by atoms with Crippen LogP contribution in [-0.2, 0) is 0 Å². The van der Waals surface area contributed by atoms with Crippen LogP contribution in [0.3, 0.4) is 0 Å². The second-order valence-corrected chi connectivity index (χ2v) is 20.3. The van der Waals surface area contributed by atoms with Gasteiger partial charge in [0.05, 0.1) is 19.7 Å². The van der Waals surface area contributed by atoms with Gasteiger partial charge in [0.2, 0.25) is 0 Å². The largest absolute Gasteiger partial charge is 0.508 e. The number of phenols is 4. The molecule has 0 radical (unpaired) electrons. The summed E-state index contributed by atoms with van der Waals surface area (Å²) in [4.78, 5) is 0. The molecule has 0 saturated heterocycles. The highest BCUT2D eigenvalue weighted by Crippen LogP contribution is 2.45. The first-order valence-electron chi connectivity index (χ1n) is 16.8. The van der Waals surface area contributed by atoms with Crippen LogP contribution in [0.1, 0.15) is 150 Å². The van der Waals surface area contributed by atoms with Gasteiger partial charge in [-0.1, -0.05) is 116 Å². The van der Waals surface area contributed by atoms with Crippen LogP contribution < -0.4 is 0 Å². The van der Waals surface area contributed by atoms with Crippen molar-refractivity contribution in [3.05, 3.63) is 46.5 Å². The number of alkyl halides is 4. The molecule has 2 aromatic carbocycles. The van der Waals surface area contributed by atoms with E-state index in [9.17, 15) is 30.6 Å². The Morgan fingerprint density at radius 1 is 0.565 bits per heavy atom. The zero-order valence-corrected chi connectivity index (χ0v) is 33.4. The van der Waals surface area contributed by atoms with Gasteiger partial charge in [0, 0.05) is 11.1 Å². The van der Waals surface area contributed by atoms with E-state index in [2.05, 4.69) is 63.7 Å². The highest BCUT2D eigenvalue weighted by atomic mass is 79.9. The van der Waals surface area contributed by atoms with E-state index in [0.29, 0.717) is 22.3 Å². The third-order valence-corrected chi connectivity index (χ3v) is 11.6. The van der Waals surface area contributed by atoms with Crippen LogP contribution in [0, 0.1) is 11.8 Å². The van der Waals surface area contributed by atoms with Crippen molar-refractivity contribution in [2.45, 2.75) is 135 Å². The first kappa shape index (κ1) is 39.9. The Kier molecular flexibility index (Phi) is 17.0. The third-order valence-electron chi connectivity index (χ3n) is 9.77. The predicted molar refractivity (Wildman–Crippen MR) is 201 cm³/mol. The van der Waals surface area contributed by atoms with E-state index in [4.69, 9.17) is 0 Å². The lowest BCUT2D eigenvalue weighted by Crippen LogP contribution is -2.12. The zero-order chi connectivity index (χ0) is 34.0. The Labute approximate surface area is 308 Å². The third kappa shape index (κ3) is 11.8. The van der Waals surface area contributed by atoms with Gasteiger partial charge in [-0.2, -0.15) is 0 Å². The summed E-state index contributed by atoms with van der Waals surface area (Å²) in [6.45, 7) is 3.97. The molecule has 0 fully saturated rings. The van der Waals surface area contributed by atoms with Crippen LogP contribution in [0.5, 0.6) is 23.0 Å². The number of halogens is 4.